The van der Waals surface area contributed by atoms with Crippen LogP contribution in [0.25, 0.3) is 0 Å². The predicted molar refractivity (Wildman–Crippen MR) is 130 cm³/mol. The fourth-order valence-electron chi connectivity index (χ4n) is 5.98. The van der Waals surface area contributed by atoms with Crippen LogP contribution in [0.3, 0.4) is 0 Å². The maximum Gasteiger partial charge on any atom is 0.224 e. The highest BCUT2D eigenvalue weighted by atomic mass is 16.5. The van der Waals surface area contributed by atoms with Crippen LogP contribution in [0.15, 0.2) is 18.2 Å². The summed E-state index contributed by atoms with van der Waals surface area (Å²) in [6.45, 7) is 10.2. The number of hydrogen-bond acceptors (Lipinski definition) is 4. The highest BCUT2D eigenvalue weighted by molar-refractivity contribution is 5.79. The molecular formula is C27H43N3O2. The first-order chi connectivity index (χ1) is 15.5. The molecule has 2 heterocycles. The van der Waals surface area contributed by atoms with Gasteiger partial charge in [0.25, 0.3) is 0 Å². The van der Waals surface area contributed by atoms with Crippen LogP contribution in [0.5, 0.6) is 5.75 Å². The van der Waals surface area contributed by atoms with Crippen LogP contribution in [-0.4, -0.2) is 68.1 Å². The van der Waals surface area contributed by atoms with E-state index >= 15 is 0 Å². The molecule has 0 spiro atoms. The first-order valence-corrected chi connectivity index (χ1v) is 12.9. The van der Waals surface area contributed by atoms with E-state index in [1.807, 2.05) is 0 Å². The number of hydrogen-bond donors (Lipinski definition) is 1. The zero-order chi connectivity index (χ0) is 22.5. The van der Waals surface area contributed by atoms with E-state index in [0.29, 0.717) is 24.5 Å². The van der Waals surface area contributed by atoms with Crippen molar-refractivity contribution in [1.29, 1.82) is 0 Å². The lowest BCUT2D eigenvalue weighted by atomic mass is 9.88. The van der Waals surface area contributed by atoms with Crippen LogP contribution in [0.1, 0.15) is 57.1 Å². The second kappa shape index (κ2) is 11.0. The van der Waals surface area contributed by atoms with Gasteiger partial charge in [0, 0.05) is 38.1 Å². The second-order valence-electron chi connectivity index (χ2n) is 10.9. The van der Waals surface area contributed by atoms with E-state index in [1.165, 1.54) is 49.8 Å². The third-order valence-corrected chi connectivity index (χ3v) is 7.61. The molecule has 3 aliphatic rings. The summed E-state index contributed by atoms with van der Waals surface area (Å²) >= 11 is 0. The third-order valence-electron chi connectivity index (χ3n) is 7.61. The number of amides is 1. The maximum absolute atomic E-state index is 13.0. The molecular weight excluding hydrogens is 398 g/mol. The zero-order valence-corrected chi connectivity index (χ0v) is 20.4. The van der Waals surface area contributed by atoms with Gasteiger partial charge in [-0.3, -0.25) is 4.79 Å². The molecule has 0 aromatic heterocycles. The van der Waals surface area contributed by atoms with Gasteiger partial charge in [-0.05, 0) is 87.7 Å². The number of benzene rings is 1. The van der Waals surface area contributed by atoms with Gasteiger partial charge in [0.05, 0.1) is 12.5 Å². The van der Waals surface area contributed by atoms with E-state index in [4.69, 9.17) is 4.74 Å². The standard InChI is InChI=1S/C27H43N3O2/c1-20(2)16-30-17-21(19-32-26-10-9-22-6-4-7-23(22)15-26)14-24(18-30)27(31)28-12-11-25-8-5-13-29(25)3/h9-10,15,20-21,24-25H,4-8,11-14,16-19H2,1-3H3,(H,28,31)/t21-,24+,25?/m0/s1. The summed E-state index contributed by atoms with van der Waals surface area (Å²) in [7, 11) is 2.20. The van der Waals surface area contributed by atoms with Gasteiger partial charge in [-0.25, -0.2) is 0 Å². The molecule has 2 saturated heterocycles. The first-order valence-electron chi connectivity index (χ1n) is 12.9. The van der Waals surface area contributed by atoms with Gasteiger partial charge in [-0.2, -0.15) is 0 Å². The van der Waals surface area contributed by atoms with Crippen LogP contribution in [0.4, 0.5) is 0 Å². The van der Waals surface area contributed by atoms with Crippen LogP contribution < -0.4 is 10.1 Å². The molecule has 1 aromatic rings. The Balaban J connectivity index is 1.30. The monoisotopic (exact) mass is 441 g/mol. The molecule has 3 atom stereocenters. The van der Waals surface area contributed by atoms with E-state index < -0.39 is 0 Å². The largest absolute Gasteiger partial charge is 0.493 e. The lowest BCUT2D eigenvalue weighted by Gasteiger charge is -2.38. The normalized spacial score (nSPS) is 26.4. The van der Waals surface area contributed by atoms with Gasteiger partial charge in [0.1, 0.15) is 5.75 Å². The fraction of sp³-hybridized carbons (Fsp3) is 0.741. The predicted octanol–water partition coefficient (Wildman–Crippen LogP) is 3.75. The van der Waals surface area contributed by atoms with E-state index in [-0.39, 0.29) is 11.8 Å². The van der Waals surface area contributed by atoms with Crippen molar-refractivity contribution in [3.63, 3.8) is 0 Å². The summed E-state index contributed by atoms with van der Waals surface area (Å²) in [6.07, 6.45) is 8.19. The lowest BCUT2D eigenvalue weighted by molar-refractivity contribution is -0.127. The average Bonchev–Trinajstić information content (AvgIpc) is 3.40. The number of fused-ring (bicyclic) bond motifs is 1. The van der Waals surface area contributed by atoms with Crippen LogP contribution in [0, 0.1) is 17.8 Å². The number of ether oxygens (including phenoxy) is 1. The topological polar surface area (TPSA) is 44.8 Å². The molecule has 0 saturated carbocycles. The Kier molecular flexibility index (Phi) is 8.12. The number of carbonyl (C=O) groups is 1. The summed E-state index contributed by atoms with van der Waals surface area (Å²) in [6, 6.07) is 7.24. The Hall–Kier alpha value is -1.59. The number of rotatable bonds is 9. The highest BCUT2D eigenvalue weighted by Gasteiger charge is 2.32. The number of likely N-dealkylation sites (tertiary alicyclic amines) is 2. The molecule has 0 radical (unpaired) electrons. The number of piperidine rings is 1. The molecule has 32 heavy (non-hydrogen) atoms. The van der Waals surface area contributed by atoms with Gasteiger partial charge in [0.2, 0.25) is 5.91 Å². The van der Waals surface area contributed by atoms with Crippen molar-refractivity contribution in [3.05, 3.63) is 29.3 Å². The number of aryl methyl sites for hydroxylation is 2. The van der Waals surface area contributed by atoms with Crippen molar-refractivity contribution < 1.29 is 9.53 Å². The van der Waals surface area contributed by atoms with Gasteiger partial charge in [0.15, 0.2) is 0 Å². The maximum atomic E-state index is 13.0. The van der Waals surface area contributed by atoms with E-state index in [1.54, 1.807) is 0 Å². The van der Waals surface area contributed by atoms with Gasteiger partial charge < -0.3 is 19.9 Å². The van der Waals surface area contributed by atoms with E-state index in [2.05, 4.69) is 54.2 Å². The summed E-state index contributed by atoms with van der Waals surface area (Å²) in [5.74, 6) is 2.30. The molecule has 5 nitrogen and oxygen atoms in total. The van der Waals surface area contributed by atoms with Crippen molar-refractivity contribution in [3.8, 4) is 5.75 Å². The molecule has 1 unspecified atom stereocenters. The Bertz CT molecular complexity index is 765. The molecule has 2 aliphatic heterocycles. The van der Waals surface area contributed by atoms with Crippen molar-refractivity contribution >= 4 is 5.91 Å². The van der Waals surface area contributed by atoms with Crippen molar-refractivity contribution in [2.75, 3.05) is 46.4 Å². The fourth-order valence-corrected chi connectivity index (χ4v) is 5.98. The number of nitrogens with zero attached hydrogens (tertiary/aromatic N) is 2. The van der Waals surface area contributed by atoms with E-state index in [9.17, 15) is 4.79 Å². The molecule has 1 amide bonds. The van der Waals surface area contributed by atoms with Crippen LogP contribution in [-0.2, 0) is 17.6 Å². The van der Waals surface area contributed by atoms with Crippen molar-refractivity contribution in [2.24, 2.45) is 17.8 Å². The number of carbonyl (C=O) groups excluding carboxylic acids is 1. The minimum absolute atomic E-state index is 0.0671. The Morgan fingerprint density at radius 3 is 2.81 bits per heavy atom. The minimum atomic E-state index is 0.0671. The quantitative estimate of drug-likeness (QED) is 0.634. The molecule has 1 aliphatic carbocycles. The highest BCUT2D eigenvalue weighted by Crippen LogP contribution is 2.28. The molecule has 5 heteroatoms. The molecule has 1 N–H and O–H groups in total. The van der Waals surface area contributed by atoms with Crippen molar-refractivity contribution in [2.45, 2.75) is 64.8 Å². The van der Waals surface area contributed by atoms with Gasteiger partial charge >= 0.3 is 0 Å². The van der Waals surface area contributed by atoms with Crippen LogP contribution in [0.2, 0.25) is 0 Å². The van der Waals surface area contributed by atoms with Gasteiger partial charge in [-0.15, -0.1) is 0 Å². The summed E-state index contributed by atoms with van der Waals surface area (Å²) in [4.78, 5) is 18.0. The lowest BCUT2D eigenvalue weighted by Crippen LogP contribution is -2.49. The average molecular weight is 442 g/mol. The smallest absolute Gasteiger partial charge is 0.224 e. The molecule has 178 valence electrons. The summed E-state index contributed by atoms with van der Waals surface area (Å²) < 4.78 is 6.25. The summed E-state index contributed by atoms with van der Waals surface area (Å²) in [5.41, 5.74) is 2.94. The van der Waals surface area contributed by atoms with Gasteiger partial charge in [-0.1, -0.05) is 19.9 Å². The molecule has 1 aromatic carbocycles. The summed E-state index contributed by atoms with van der Waals surface area (Å²) in [5, 5.41) is 3.26. The zero-order valence-electron chi connectivity index (χ0n) is 20.4. The number of nitrogens with one attached hydrogen (secondary N) is 1. The first kappa shape index (κ1) is 23.6. The molecule has 2 fully saturated rings. The minimum Gasteiger partial charge on any atom is -0.493 e. The van der Waals surface area contributed by atoms with Crippen LogP contribution >= 0.6 is 0 Å². The third kappa shape index (κ3) is 6.26. The molecule has 4 rings (SSSR count). The van der Waals surface area contributed by atoms with E-state index in [0.717, 1.165) is 44.8 Å². The van der Waals surface area contributed by atoms with Crippen molar-refractivity contribution in [1.82, 2.24) is 15.1 Å². The Morgan fingerprint density at radius 1 is 1.19 bits per heavy atom. The SMILES string of the molecule is CC(C)CN1C[C@@H](COc2ccc3c(c2)CCC3)C[C@@H](C(=O)NCCC2CCCN2C)C1. The Morgan fingerprint density at radius 2 is 2.03 bits per heavy atom. The Labute approximate surface area is 194 Å². The molecule has 0 bridgehead atoms. The second-order valence-corrected chi connectivity index (χ2v) is 10.9.